The van der Waals surface area contributed by atoms with Gasteiger partial charge in [0.25, 0.3) is 5.91 Å². The van der Waals surface area contributed by atoms with Gasteiger partial charge in [0.05, 0.1) is 6.61 Å². The van der Waals surface area contributed by atoms with Gasteiger partial charge in [0.15, 0.2) is 0 Å². The van der Waals surface area contributed by atoms with E-state index in [-0.39, 0.29) is 18.0 Å². The quantitative estimate of drug-likeness (QED) is 0.824. The Morgan fingerprint density at radius 3 is 2.68 bits per heavy atom. The second-order valence-electron chi connectivity index (χ2n) is 6.64. The Labute approximate surface area is 164 Å². The SMILES string of the molecule is CCOC(=O)N1CCC(NC(=O)c2ccnc(Nc3ccccc3C)n2)CC1. The Bertz CT molecular complexity index is 834. The Morgan fingerprint density at radius 2 is 1.96 bits per heavy atom. The highest BCUT2D eigenvalue weighted by molar-refractivity contribution is 5.92. The Balaban J connectivity index is 1.57. The first-order valence-electron chi connectivity index (χ1n) is 9.45. The summed E-state index contributed by atoms with van der Waals surface area (Å²) < 4.78 is 5.01. The number of para-hydroxylation sites is 1. The molecular formula is C20H25N5O3. The number of nitrogens with zero attached hydrogens (tertiary/aromatic N) is 3. The average Bonchev–Trinajstić information content (AvgIpc) is 2.71. The van der Waals surface area contributed by atoms with Gasteiger partial charge in [-0.2, -0.15) is 0 Å². The smallest absolute Gasteiger partial charge is 0.409 e. The number of hydrogen-bond donors (Lipinski definition) is 2. The molecule has 3 rings (SSSR count). The maximum absolute atomic E-state index is 12.6. The van der Waals surface area contributed by atoms with Crippen molar-refractivity contribution in [2.45, 2.75) is 32.7 Å². The van der Waals surface area contributed by atoms with E-state index in [1.807, 2.05) is 31.2 Å². The van der Waals surface area contributed by atoms with Crippen LogP contribution in [-0.4, -0.2) is 52.6 Å². The van der Waals surface area contributed by atoms with Crippen LogP contribution in [0.25, 0.3) is 0 Å². The molecule has 0 saturated carbocycles. The molecule has 0 atom stereocenters. The van der Waals surface area contributed by atoms with Gasteiger partial charge in [-0.1, -0.05) is 18.2 Å². The maximum Gasteiger partial charge on any atom is 0.409 e. The van der Waals surface area contributed by atoms with Gasteiger partial charge >= 0.3 is 6.09 Å². The number of carbonyl (C=O) groups excluding carboxylic acids is 2. The topological polar surface area (TPSA) is 96.5 Å². The van der Waals surface area contributed by atoms with Gasteiger partial charge < -0.3 is 20.3 Å². The molecule has 8 nitrogen and oxygen atoms in total. The summed E-state index contributed by atoms with van der Waals surface area (Å²) in [6, 6.07) is 9.39. The minimum absolute atomic E-state index is 0.000851. The zero-order valence-corrected chi connectivity index (χ0v) is 16.1. The van der Waals surface area contributed by atoms with E-state index in [2.05, 4.69) is 20.6 Å². The minimum atomic E-state index is -0.296. The first-order chi connectivity index (χ1) is 13.6. The summed E-state index contributed by atoms with van der Waals surface area (Å²) in [6.45, 7) is 5.26. The summed E-state index contributed by atoms with van der Waals surface area (Å²) >= 11 is 0. The zero-order chi connectivity index (χ0) is 19.9. The monoisotopic (exact) mass is 383 g/mol. The summed E-state index contributed by atoms with van der Waals surface area (Å²) in [6.07, 6.45) is 2.63. The molecule has 28 heavy (non-hydrogen) atoms. The van der Waals surface area contributed by atoms with Crippen molar-refractivity contribution in [1.82, 2.24) is 20.2 Å². The molecule has 2 heterocycles. The highest BCUT2D eigenvalue weighted by Gasteiger charge is 2.25. The van der Waals surface area contributed by atoms with Crippen molar-refractivity contribution in [2.24, 2.45) is 0 Å². The van der Waals surface area contributed by atoms with E-state index in [0.29, 0.717) is 44.2 Å². The van der Waals surface area contributed by atoms with Crippen molar-refractivity contribution in [2.75, 3.05) is 25.0 Å². The van der Waals surface area contributed by atoms with Gasteiger partial charge in [-0.05, 0) is 44.4 Å². The minimum Gasteiger partial charge on any atom is -0.450 e. The Morgan fingerprint density at radius 1 is 1.21 bits per heavy atom. The number of nitrogens with one attached hydrogen (secondary N) is 2. The largest absolute Gasteiger partial charge is 0.450 e. The van der Waals surface area contributed by atoms with Crippen LogP contribution in [0.4, 0.5) is 16.4 Å². The van der Waals surface area contributed by atoms with E-state index in [9.17, 15) is 9.59 Å². The predicted molar refractivity (Wildman–Crippen MR) is 106 cm³/mol. The van der Waals surface area contributed by atoms with Crippen LogP contribution in [0.3, 0.4) is 0 Å². The van der Waals surface area contributed by atoms with Gasteiger partial charge in [-0.15, -0.1) is 0 Å². The van der Waals surface area contributed by atoms with Gasteiger partial charge in [-0.25, -0.2) is 14.8 Å². The molecule has 2 amide bonds. The number of carbonyl (C=O) groups is 2. The number of piperidine rings is 1. The molecule has 1 aliphatic heterocycles. The molecule has 1 aromatic carbocycles. The van der Waals surface area contributed by atoms with E-state index in [1.165, 1.54) is 0 Å². The summed E-state index contributed by atoms with van der Waals surface area (Å²) in [7, 11) is 0. The van der Waals surface area contributed by atoms with Crippen LogP contribution in [-0.2, 0) is 4.74 Å². The van der Waals surface area contributed by atoms with Crippen LogP contribution in [0.15, 0.2) is 36.5 Å². The molecule has 0 spiro atoms. The molecule has 2 N–H and O–H groups in total. The van der Waals surface area contributed by atoms with Gasteiger partial charge in [0.1, 0.15) is 5.69 Å². The molecule has 1 fully saturated rings. The van der Waals surface area contributed by atoms with Crippen LogP contribution in [0, 0.1) is 6.92 Å². The van der Waals surface area contributed by atoms with E-state index in [1.54, 1.807) is 24.1 Å². The Kier molecular flexibility index (Phi) is 6.41. The predicted octanol–water partition coefficient (Wildman–Crippen LogP) is 2.88. The van der Waals surface area contributed by atoms with Gasteiger partial charge in [-0.3, -0.25) is 4.79 Å². The van der Waals surface area contributed by atoms with E-state index in [0.717, 1.165) is 11.3 Å². The highest BCUT2D eigenvalue weighted by atomic mass is 16.6. The van der Waals surface area contributed by atoms with Crippen molar-refractivity contribution in [1.29, 1.82) is 0 Å². The highest BCUT2D eigenvalue weighted by Crippen LogP contribution is 2.17. The van der Waals surface area contributed by atoms with Crippen molar-refractivity contribution in [3.8, 4) is 0 Å². The molecule has 2 aromatic rings. The second-order valence-corrected chi connectivity index (χ2v) is 6.64. The Hall–Kier alpha value is -3.16. The number of benzene rings is 1. The van der Waals surface area contributed by atoms with E-state index in [4.69, 9.17) is 4.74 Å². The lowest BCUT2D eigenvalue weighted by Gasteiger charge is -2.31. The fraction of sp³-hybridized carbons (Fsp3) is 0.400. The number of aryl methyl sites for hydroxylation is 1. The molecule has 1 aliphatic rings. The van der Waals surface area contributed by atoms with E-state index >= 15 is 0 Å². The summed E-state index contributed by atoms with van der Waals surface area (Å²) in [5, 5.41) is 6.13. The summed E-state index contributed by atoms with van der Waals surface area (Å²) in [5.74, 6) is 0.129. The lowest BCUT2D eigenvalue weighted by Crippen LogP contribution is -2.46. The lowest BCUT2D eigenvalue weighted by atomic mass is 10.1. The third kappa shape index (κ3) is 4.97. The number of aromatic nitrogens is 2. The van der Waals surface area contributed by atoms with Crippen molar-refractivity contribution in [3.05, 3.63) is 47.8 Å². The summed E-state index contributed by atoms with van der Waals surface area (Å²) in [5.41, 5.74) is 2.26. The first kappa shape index (κ1) is 19.6. The third-order valence-electron chi connectivity index (χ3n) is 4.64. The number of rotatable bonds is 5. The third-order valence-corrected chi connectivity index (χ3v) is 4.64. The average molecular weight is 383 g/mol. The fourth-order valence-corrected chi connectivity index (χ4v) is 3.06. The number of likely N-dealkylation sites (tertiary alicyclic amines) is 1. The number of anilines is 2. The molecule has 0 radical (unpaired) electrons. The molecular weight excluding hydrogens is 358 g/mol. The lowest BCUT2D eigenvalue weighted by molar-refractivity contribution is 0.0856. The molecule has 0 bridgehead atoms. The number of ether oxygens (including phenoxy) is 1. The standard InChI is InChI=1S/C20H25N5O3/c1-3-28-20(27)25-12-9-15(10-13-25)22-18(26)17-8-11-21-19(24-17)23-16-7-5-4-6-14(16)2/h4-8,11,15H,3,9-10,12-13H2,1-2H3,(H,22,26)(H,21,23,24). The van der Waals surface area contributed by atoms with Gasteiger partial charge in [0.2, 0.25) is 5.95 Å². The molecule has 8 heteroatoms. The maximum atomic E-state index is 12.6. The number of amides is 2. The normalized spacial score (nSPS) is 14.4. The molecule has 1 aromatic heterocycles. The molecule has 0 unspecified atom stereocenters. The molecule has 0 aliphatic carbocycles. The molecule has 1 saturated heterocycles. The van der Waals surface area contributed by atoms with Crippen LogP contribution in [0.5, 0.6) is 0 Å². The van der Waals surface area contributed by atoms with Crippen LogP contribution < -0.4 is 10.6 Å². The van der Waals surface area contributed by atoms with Crippen LogP contribution in [0.2, 0.25) is 0 Å². The fourth-order valence-electron chi connectivity index (χ4n) is 3.06. The summed E-state index contributed by atoms with van der Waals surface area (Å²) in [4.78, 5) is 34.5. The van der Waals surface area contributed by atoms with Crippen molar-refractivity contribution < 1.29 is 14.3 Å². The molecule has 148 valence electrons. The van der Waals surface area contributed by atoms with Crippen LogP contribution in [0.1, 0.15) is 35.8 Å². The zero-order valence-electron chi connectivity index (χ0n) is 16.1. The van der Waals surface area contributed by atoms with Crippen molar-refractivity contribution >= 4 is 23.6 Å². The van der Waals surface area contributed by atoms with Gasteiger partial charge in [0, 0.05) is 31.0 Å². The second kappa shape index (κ2) is 9.16. The first-order valence-corrected chi connectivity index (χ1v) is 9.45. The van der Waals surface area contributed by atoms with Crippen molar-refractivity contribution in [3.63, 3.8) is 0 Å². The number of hydrogen-bond acceptors (Lipinski definition) is 6. The van der Waals surface area contributed by atoms with Crippen LogP contribution >= 0.6 is 0 Å². The van der Waals surface area contributed by atoms with E-state index < -0.39 is 0 Å².